The van der Waals surface area contributed by atoms with Crippen molar-refractivity contribution in [1.82, 2.24) is 4.90 Å². The summed E-state index contributed by atoms with van der Waals surface area (Å²) in [7, 11) is 0. The van der Waals surface area contributed by atoms with Crippen LogP contribution in [0.5, 0.6) is 0 Å². The van der Waals surface area contributed by atoms with Crippen molar-refractivity contribution in [3.63, 3.8) is 0 Å². The predicted molar refractivity (Wildman–Crippen MR) is 69.7 cm³/mol. The van der Waals surface area contributed by atoms with Crippen molar-refractivity contribution in [2.75, 3.05) is 19.6 Å². The van der Waals surface area contributed by atoms with E-state index < -0.39 is 5.41 Å². The maximum atomic E-state index is 12.2. The summed E-state index contributed by atoms with van der Waals surface area (Å²) in [6.07, 6.45) is 3.60. The van der Waals surface area contributed by atoms with Gasteiger partial charge in [0.25, 0.3) is 0 Å². The average Bonchev–Trinajstić information content (AvgIpc) is 3.00. The van der Waals surface area contributed by atoms with E-state index in [1.54, 1.807) is 0 Å². The Labute approximate surface area is 105 Å². The molecule has 0 bridgehead atoms. The van der Waals surface area contributed by atoms with Crippen molar-refractivity contribution in [3.8, 4) is 0 Å². The Kier molecular flexibility index (Phi) is 6.34. The molecule has 96 valence electrons. The third-order valence-electron chi connectivity index (χ3n) is 3.05. The lowest BCUT2D eigenvalue weighted by atomic mass is 9.91. The topological polar surface area (TPSA) is 46.3 Å². The highest BCUT2D eigenvalue weighted by Crippen LogP contribution is 2.31. The van der Waals surface area contributed by atoms with Crippen molar-refractivity contribution < 1.29 is 4.79 Å². The molecule has 0 atom stereocenters. The van der Waals surface area contributed by atoms with E-state index in [0.717, 1.165) is 25.4 Å². The molecule has 0 spiro atoms. The van der Waals surface area contributed by atoms with Crippen molar-refractivity contribution in [2.24, 2.45) is 17.1 Å². The number of nitrogens with two attached hydrogens (primary N) is 1. The van der Waals surface area contributed by atoms with E-state index in [0.29, 0.717) is 6.54 Å². The number of carbonyl (C=O) groups is 1. The van der Waals surface area contributed by atoms with Gasteiger partial charge in [-0.3, -0.25) is 4.79 Å². The number of carbonyl (C=O) groups excluding carboxylic acids is 1. The van der Waals surface area contributed by atoms with Crippen LogP contribution < -0.4 is 5.73 Å². The van der Waals surface area contributed by atoms with Gasteiger partial charge < -0.3 is 10.6 Å². The van der Waals surface area contributed by atoms with E-state index in [1.807, 2.05) is 18.7 Å². The summed E-state index contributed by atoms with van der Waals surface area (Å²) in [4.78, 5) is 14.2. The number of hydrogen-bond donors (Lipinski definition) is 1. The zero-order valence-electron chi connectivity index (χ0n) is 10.7. The molecule has 0 radical (unpaired) electrons. The lowest BCUT2D eigenvalue weighted by molar-refractivity contribution is -0.140. The molecule has 0 saturated heterocycles. The molecule has 16 heavy (non-hydrogen) atoms. The van der Waals surface area contributed by atoms with Crippen molar-refractivity contribution in [1.29, 1.82) is 0 Å². The molecular formula is C12H25ClN2O. The van der Waals surface area contributed by atoms with Gasteiger partial charge in [-0.15, -0.1) is 12.4 Å². The molecule has 1 amide bonds. The smallest absolute Gasteiger partial charge is 0.229 e. The van der Waals surface area contributed by atoms with E-state index in [1.165, 1.54) is 12.8 Å². The second kappa shape index (κ2) is 6.45. The first-order valence-corrected chi connectivity index (χ1v) is 6.00. The Bertz CT molecular complexity index is 227. The molecule has 1 fully saturated rings. The number of hydrogen-bond acceptors (Lipinski definition) is 2. The fraction of sp³-hybridized carbons (Fsp3) is 0.917. The Hall–Kier alpha value is -0.280. The molecule has 0 aliphatic heterocycles. The van der Waals surface area contributed by atoms with Crippen LogP contribution >= 0.6 is 12.4 Å². The fourth-order valence-corrected chi connectivity index (χ4v) is 1.67. The largest absolute Gasteiger partial charge is 0.342 e. The number of halogens is 1. The molecule has 0 unspecified atom stereocenters. The van der Waals surface area contributed by atoms with E-state index in [4.69, 9.17) is 5.73 Å². The molecule has 2 N–H and O–H groups in total. The van der Waals surface area contributed by atoms with Crippen LogP contribution in [0.2, 0.25) is 0 Å². The van der Waals surface area contributed by atoms with Gasteiger partial charge in [-0.05, 0) is 39.0 Å². The normalized spacial score (nSPS) is 15.5. The molecule has 1 saturated carbocycles. The Balaban J connectivity index is 0.00000225. The predicted octanol–water partition coefficient (Wildman–Crippen LogP) is 2.04. The second-order valence-electron chi connectivity index (χ2n) is 5.28. The van der Waals surface area contributed by atoms with Gasteiger partial charge >= 0.3 is 0 Å². The van der Waals surface area contributed by atoms with Crippen molar-refractivity contribution in [2.45, 2.75) is 40.0 Å². The van der Waals surface area contributed by atoms with E-state index in [9.17, 15) is 4.79 Å². The van der Waals surface area contributed by atoms with Crippen LogP contribution in [0.1, 0.15) is 40.0 Å². The third-order valence-corrected chi connectivity index (χ3v) is 3.05. The zero-order valence-corrected chi connectivity index (χ0v) is 11.5. The first-order chi connectivity index (χ1) is 7.01. The summed E-state index contributed by atoms with van der Waals surface area (Å²) in [5, 5.41) is 0. The van der Waals surface area contributed by atoms with Crippen LogP contribution in [0.4, 0.5) is 0 Å². The van der Waals surface area contributed by atoms with Crippen LogP contribution in [0.25, 0.3) is 0 Å². The molecular weight excluding hydrogens is 224 g/mol. The molecule has 0 aromatic carbocycles. The van der Waals surface area contributed by atoms with Crippen LogP contribution in [0, 0.1) is 11.3 Å². The van der Waals surface area contributed by atoms with Crippen LogP contribution in [-0.4, -0.2) is 30.4 Å². The van der Waals surface area contributed by atoms with Gasteiger partial charge in [-0.25, -0.2) is 0 Å². The molecule has 3 nitrogen and oxygen atoms in total. The van der Waals surface area contributed by atoms with Crippen molar-refractivity contribution >= 4 is 18.3 Å². The average molecular weight is 249 g/mol. The van der Waals surface area contributed by atoms with Gasteiger partial charge in [-0.2, -0.15) is 0 Å². The van der Waals surface area contributed by atoms with Gasteiger partial charge in [0, 0.05) is 19.6 Å². The molecule has 0 aromatic heterocycles. The maximum Gasteiger partial charge on any atom is 0.229 e. The first kappa shape index (κ1) is 15.7. The van der Waals surface area contributed by atoms with E-state index in [2.05, 4.69) is 6.92 Å². The lowest BCUT2D eigenvalue weighted by Crippen LogP contribution is -2.45. The highest BCUT2D eigenvalue weighted by atomic mass is 35.5. The highest BCUT2D eigenvalue weighted by Gasteiger charge is 2.33. The summed E-state index contributed by atoms with van der Waals surface area (Å²) in [6.45, 7) is 8.23. The number of rotatable bonds is 6. The Morgan fingerprint density at radius 2 is 2.00 bits per heavy atom. The maximum absolute atomic E-state index is 12.2. The van der Waals surface area contributed by atoms with E-state index in [-0.39, 0.29) is 18.3 Å². The van der Waals surface area contributed by atoms with Gasteiger partial charge in [-0.1, -0.05) is 6.92 Å². The summed E-state index contributed by atoms with van der Waals surface area (Å²) in [6, 6.07) is 0. The number of amides is 1. The Morgan fingerprint density at radius 3 is 2.38 bits per heavy atom. The molecule has 0 aromatic rings. The van der Waals surface area contributed by atoms with Gasteiger partial charge in [0.05, 0.1) is 5.41 Å². The SMILES string of the molecule is CCCN(CC1CC1)C(=O)C(C)(C)CN.Cl. The Morgan fingerprint density at radius 1 is 1.44 bits per heavy atom. The number of nitrogens with zero attached hydrogens (tertiary/aromatic N) is 1. The molecule has 1 rings (SSSR count). The van der Waals surface area contributed by atoms with Crippen LogP contribution in [0.3, 0.4) is 0 Å². The minimum absolute atomic E-state index is 0. The molecule has 1 aliphatic rings. The quantitative estimate of drug-likeness (QED) is 0.782. The van der Waals surface area contributed by atoms with Crippen molar-refractivity contribution in [3.05, 3.63) is 0 Å². The van der Waals surface area contributed by atoms with Crippen LogP contribution in [-0.2, 0) is 4.79 Å². The lowest BCUT2D eigenvalue weighted by Gasteiger charge is -2.31. The summed E-state index contributed by atoms with van der Waals surface area (Å²) in [5.41, 5.74) is 5.24. The second-order valence-corrected chi connectivity index (χ2v) is 5.28. The standard InChI is InChI=1S/C12H24N2O.ClH/c1-4-7-14(8-10-5-6-10)11(15)12(2,3)9-13;/h10H,4-9,13H2,1-3H3;1H. The zero-order chi connectivity index (χ0) is 11.5. The molecule has 4 heteroatoms. The van der Waals surface area contributed by atoms with E-state index >= 15 is 0 Å². The highest BCUT2D eigenvalue weighted by molar-refractivity contribution is 5.85. The minimum atomic E-state index is -0.399. The minimum Gasteiger partial charge on any atom is -0.342 e. The summed E-state index contributed by atoms with van der Waals surface area (Å²) < 4.78 is 0. The van der Waals surface area contributed by atoms with Crippen LogP contribution in [0.15, 0.2) is 0 Å². The molecule has 0 heterocycles. The summed E-state index contributed by atoms with van der Waals surface area (Å²) in [5.74, 6) is 0.979. The fourth-order valence-electron chi connectivity index (χ4n) is 1.67. The van der Waals surface area contributed by atoms with Gasteiger partial charge in [0.1, 0.15) is 0 Å². The van der Waals surface area contributed by atoms with Gasteiger partial charge in [0.15, 0.2) is 0 Å². The van der Waals surface area contributed by atoms with Gasteiger partial charge in [0.2, 0.25) is 5.91 Å². The molecule has 1 aliphatic carbocycles. The first-order valence-electron chi connectivity index (χ1n) is 6.00. The monoisotopic (exact) mass is 248 g/mol. The summed E-state index contributed by atoms with van der Waals surface area (Å²) >= 11 is 0. The third kappa shape index (κ3) is 4.30.